The Morgan fingerprint density at radius 2 is 1.63 bits per heavy atom. The number of halogens is 3. The van der Waals surface area contributed by atoms with Gasteiger partial charge in [-0.05, 0) is 29.1 Å². The van der Waals surface area contributed by atoms with Crippen LogP contribution in [0.1, 0.15) is 0 Å². The van der Waals surface area contributed by atoms with Crippen molar-refractivity contribution in [3.8, 4) is 16.9 Å². The van der Waals surface area contributed by atoms with E-state index in [1.165, 1.54) is 11.3 Å². The van der Waals surface area contributed by atoms with E-state index in [1.54, 1.807) is 6.07 Å². The molecule has 1 heterocycles. The molecule has 96 valence electrons. The molecule has 2 aromatic carbocycles. The number of hydrogen-bond donors (Lipinski definition) is 1. The fourth-order valence-corrected chi connectivity index (χ4v) is 3.61. The fraction of sp³-hybridized carbons (Fsp3) is 0. The molecule has 0 amide bonds. The highest BCUT2D eigenvalue weighted by atomic mass is 35.5. The van der Waals surface area contributed by atoms with Gasteiger partial charge in [-0.1, -0.05) is 46.9 Å². The molecule has 3 rings (SSSR count). The molecule has 0 fully saturated rings. The van der Waals surface area contributed by atoms with Crippen LogP contribution in [-0.2, 0) is 0 Å². The molecule has 19 heavy (non-hydrogen) atoms. The zero-order valence-corrected chi connectivity index (χ0v) is 12.5. The van der Waals surface area contributed by atoms with Gasteiger partial charge >= 0.3 is 0 Å². The minimum Gasteiger partial charge on any atom is -0.506 e. The SMILES string of the molecule is Oc1cc2c(-c3ccc(Cl)cc3)csc2c(Cl)c1Cl. The third-order valence-corrected chi connectivity index (χ3v) is 5.12. The zero-order valence-electron chi connectivity index (χ0n) is 9.45. The first-order chi connectivity index (χ1) is 9.08. The topological polar surface area (TPSA) is 20.2 Å². The second-order valence-electron chi connectivity index (χ2n) is 4.06. The van der Waals surface area contributed by atoms with E-state index in [9.17, 15) is 5.11 Å². The van der Waals surface area contributed by atoms with Crippen molar-refractivity contribution in [1.29, 1.82) is 0 Å². The number of phenols is 1. The zero-order chi connectivity index (χ0) is 13.6. The Balaban J connectivity index is 2.29. The second-order valence-corrected chi connectivity index (χ2v) is 6.13. The summed E-state index contributed by atoms with van der Waals surface area (Å²) in [6.07, 6.45) is 0. The van der Waals surface area contributed by atoms with E-state index >= 15 is 0 Å². The third kappa shape index (κ3) is 2.19. The average Bonchev–Trinajstić information content (AvgIpc) is 2.81. The predicted octanol–water partition coefficient (Wildman–Crippen LogP) is 6.23. The van der Waals surface area contributed by atoms with Crippen molar-refractivity contribution in [2.24, 2.45) is 0 Å². The highest BCUT2D eigenvalue weighted by Crippen LogP contribution is 2.44. The van der Waals surface area contributed by atoms with Crippen molar-refractivity contribution in [2.45, 2.75) is 0 Å². The monoisotopic (exact) mass is 328 g/mol. The normalized spacial score (nSPS) is 11.1. The molecule has 0 unspecified atom stereocenters. The van der Waals surface area contributed by atoms with Gasteiger partial charge in [0.2, 0.25) is 0 Å². The van der Waals surface area contributed by atoms with Crippen LogP contribution in [0.4, 0.5) is 0 Å². The van der Waals surface area contributed by atoms with Crippen molar-refractivity contribution in [2.75, 3.05) is 0 Å². The van der Waals surface area contributed by atoms with Gasteiger partial charge in [0.15, 0.2) is 0 Å². The first-order valence-corrected chi connectivity index (χ1v) is 7.43. The average molecular weight is 330 g/mol. The molecule has 0 bridgehead atoms. The van der Waals surface area contributed by atoms with Gasteiger partial charge in [0, 0.05) is 16.0 Å². The summed E-state index contributed by atoms with van der Waals surface area (Å²) in [5, 5.41) is 14.0. The molecular weight excluding hydrogens is 323 g/mol. The van der Waals surface area contributed by atoms with E-state index in [4.69, 9.17) is 34.8 Å². The first kappa shape index (κ1) is 13.1. The van der Waals surface area contributed by atoms with Crippen LogP contribution in [0.15, 0.2) is 35.7 Å². The van der Waals surface area contributed by atoms with E-state index in [0.29, 0.717) is 10.0 Å². The highest BCUT2D eigenvalue weighted by Gasteiger charge is 2.15. The minimum atomic E-state index is -0.00669. The number of phenolic OH excluding ortho intramolecular Hbond substituents is 1. The summed E-state index contributed by atoms with van der Waals surface area (Å²) in [5.74, 6) is -0.00669. The van der Waals surface area contributed by atoms with Gasteiger partial charge in [0.1, 0.15) is 10.8 Å². The lowest BCUT2D eigenvalue weighted by atomic mass is 10.0. The molecule has 0 aliphatic carbocycles. The minimum absolute atomic E-state index is 0.00669. The lowest BCUT2D eigenvalue weighted by Crippen LogP contribution is -1.77. The van der Waals surface area contributed by atoms with E-state index in [0.717, 1.165) is 21.2 Å². The van der Waals surface area contributed by atoms with Crippen LogP contribution in [0.2, 0.25) is 15.1 Å². The number of rotatable bonds is 1. The molecule has 0 spiro atoms. The van der Waals surface area contributed by atoms with E-state index in [2.05, 4.69) is 0 Å². The number of hydrogen-bond acceptors (Lipinski definition) is 2. The lowest BCUT2D eigenvalue weighted by molar-refractivity contribution is 0.476. The van der Waals surface area contributed by atoms with Crippen molar-refractivity contribution in [3.63, 3.8) is 0 Å². The van der Waals surface area contributed by atoms with E-state index in [-0.39, 0.29) is 10.8 Å². The smallest absolute Gasteiger partial charge is 0.136 e. The molecule has 0 aliphatic heterocycles. The van der Waals surface area contributed by atoms with Gasteiger partial charge < -0.3 is 5.11 Å². The number of fused-ring (bicyclic) bond motifs is 1. The standard InChI is InChI=1S/C14H7Cl3OS/c15-8-3-1-7(2-4-8)10-6-19-14-9(10)5-11(18)12(16)13(14)17/h1-6,18H. The predicted molar refractivity (Wildman–Crippen MR) is 84.0 cm³/mol. The summed E-state index contributed by atoms with van der Waals surface area (Å²) in [6.45, 7) is 0. The number of thiophene rings is 1. The molecular formula is C14H7Cl3OS. The molecule has 0 radical (unpaired) electrons. The third-order valence-electron chi connectivity index (χ3n) is 2.88. The quantitative estimate of drug-likeness (QED) is 0.560. The van der Waals surface area contributed by atoms with Crippen molar-refractivity contribution in [3.05, 3.63) is 50.8 Å². The van der Waals surface area contributed by atoms with Crippen LogP contribution in [0.3, 0.4) is 0 Å². The summed E-state index contributed by atoms with van der Waals surface area (Å²) in [6, 6.07) is 9.17. The van der Waals surface area contributed by atoms with Crippen LogP contribution < -0.4 is 0 Å². The van der Waals surface area contributed by atoms with Crippen molar-refractivity contribution >= 4 is 56.2 Å². The maximum atomic E-state index is 9.80. The van der Waals surface area contributed by atoms with Crippen molar-refractivity contribution < 1.29 is 5.11 Å². The Bertz CT molecular complexity index is 762. The maximum Gasteiger partial charge on any atom is 0.136 e. The molecule has 1 nitrogen and oxygen atoms in total. The Labute approximate surface area is 129 Å². The van der Waals surface area contributed by atoms with E-state index in [1.807, 2.05) is 29.6 Å². The van der Waals surface area contributed by atoms with Gasteiger partial charge in [-0.2, -0.15) is 0 Å². The summed E-state index contributed by atoms with van der Waals surface area (Å²) >= 11 is 19.5. The van der Waals surface area contributed by atoms with Gasteiger partial charge in [-0.25, -0.2) is 0 Å². The Kier molecular flexibility index (Phi) is 3.35. The summed E-state index contributed by atoms with van der Waals surface area (Å²) < 4.78 is 0.870. The van der Waals surface area contributed by atoms with Gasteiger partial charge in [-0.15, -0.1) is 11.3 Å². The van der Waals surface area contributed by atoms with Crippen LogP contribution in [-0.4, -0.2) is 5.11 Å². The molecule has 0 saturated heterocycles. The molecule has 1 aromatic heterocycles. The molecule has 5 heteroatoms. The van der Waals surface area contributed by atoms with Gasteiger partial charge in [0.25, 0.3) is 0 Å². The molecule has 0 aliphatic rings. The molecule has 3 aromatic rings. The lowest BCUT2D eigenvalue weighted by Gasteiger charge is -2.04. The maximum absolute atomic E-state index is 9.80. The molecule has 1 N–H and O–H groups in total. The summed E-state index contributed by atoms with van der Waals surface area (Å²) in [4.78, 5) is 0. The van der Waals surface area contributed by atoms with Crippen LogP contribution in [0.5, 0.6) is 5.75 Å². The summed E-state index contributed by atoms with van der Waals surface area (Å²) in [5.41, 5.74) is 2.03. The summed E-state index contributed by atoms with van der Waals surface area (Å²) in [7, 11) is 0. The molecule has 0 atom stereocenters. The number of benzene rings is 2. The van der Waals surface area contributed by atoms with Gasteiger partial charge in [-0.3, -0.25) is 0 Å². The van der Waals surface area contributed by atoms with Crippen LogP contribution >= 0.6 is 46.1 Å². The van der Waals surface area contributed by atoms with Crippen LogP contribution in [0.25, 0.3) is 21.2 Å². The Morgan fingerprint density at radius 3 is 2.32 bits per heavy atom. The van der Waals surface area contributed by atoms with Gasteiger partial charge in [0.05, 0.1) is 9.72 Å². The Hall–Kier alpha value is -0.930. The Morgan fingerprint density at radius 1 is 0.947 bits per heavy atom. The fourth-order valence-electron chi connectivity index (χ4n) is 1.95. The molecule has 0 saturated carbocycles. The van der Waals surface area contributed by atoms with E-state index < -0.39 is 0 Å². The van der Waals surface area contributed by atoms with Crippen LogP contribution in [0, 0.1) is 0 Å². The second kappa shape index (κ2) is 4.88. The first-order valence-electron chi connectivity index (χ1n) is 5.42. The van der Waals surface area contributed by atoms with Crippen molar-refractivity contribution in [1.82, 2.24) is 0 Å². The highest BCUT2D eigenvalue weighted by molar-refractivity contribution is 7.18. The largest absolute Gasteiger partial charge is 0.506 e. The number of aromatic hydroxyl groups is 1.